The molecular weight excluding hydrogens is 250 g/mol. The van der Waals surface area contributed by atoms with Gasteiger partial charge in [0.15, 0.2) is 0 Å². The van der Waals surface area contributed by atoms with Crippen LogP contribution in [-0.2, 0) is 4.79 Å². The summed E-state index contributed by atoms with van der Waals surface area (Å²) >= 11 is 0. The minimum absolute atomic E-state index is 0.0258. The molecule has 1 atom stereocenters. The monoisotopic (exact) mass is 275 g/mol. The zero-order valence-electron chi connectivity index (χ0n) is 12.4. The second kappa shape index (κ2) is 6.75. The number of amides is 1. The van der Waals surface area contributed by atoms with Gasteiger partial charge in [-0.05, 0) is 50.9 Å². The molecule has 0 radical (unpaired) electrons. The van der Waals surface area contributed by atoms with Gasteiger partial charge in [0, 0.05) is 0 Å². The maximum Gasteiger partial charge on any atom is 0.241 e. The molecule has 0 spiro atoms. The number of nitrogens with zero attached hydrogens (tertiary/aromatic N) is 1. The minimum Gasteiger partial charge on any atom is -0.397 e. The molecule has 20 heavy (non-hydrogen) atoms. The van der Waals surface area contributed by atoms with Crippen LogP contribution in [0.1, 0.15) is 33.1 Å². The van der Waals surface area contributed by atoms with Crippen molar-refractivity contribution in [3.8, 4) is 0 Å². The zero-order chi connectivity index (χ0) is 14.5. The number of hydrogen-bond donors (Lipinski definition) is 2. The Balaban J connectivity index is 1.91. The Morgan fingerprint density at radius 3 is 2.65 bits per heavy atom. The summed E-state index contributed by atoms with van der Waals surface area (Å²) in [5.74, 6) is 0.851. The number of carbonyl (C=O) groups is 1. The Kier molecular flexibility index (Phi) is 5.01. The van der Waals surface area contributed by atoms with E-state index in [9.17, 15) is 4.79 Å². The van der Waals surface area contributed by atoms with Crippen LogP contribution in [0.4, 0.5) is 11.4 Å². The van der Waals surface area contributed by atoms with Crippen LogP contribution in [0.15, 0.2) is 24.3 Å². The molecule has 1 aromatic rings. The summed E-state index contributed by atoms with van der Waals surface area (Å²) in [7, 11) is 0. The van der Waals surface area contributed by atoms with Gasteiger partial charge in [-0.25, -0.2) is 0 Å². The number of nitrogens with one attached hydrogen (secondary N) is 1. The van der Waals surface area contributed by atoms with E-state index in [0.29, 0.717) is 11.4 Å². The van der Waals surface area contributed by atoms with Gasteiger partial charge in [-0.1, -0.05) is 25.5 Å². The third-order valence-corrected chi connectivity index (χ3v) is 4.37. The molecule has 4 nitrogen and oxygen atoms in total. The van der Waals surface area contributed by atoms with Gasteiger partial charge in [-0.2, -0.15) is 0 Å². The lowest BCUT2D eigenvalue weighted by molar-refractivity contribution is -0.121. The average Bonchev–Trinajstić information content (AvgIpc) is 2.49. The highest BCUT2D eigenvalue weighted by Crippen LogP contribution is 2.22. The van der Waals surface area contributed by atoms with E-state index < -0.39 is 0 Å². The fourth-order valence-corrected chi connectivity index (χ4v) is 2.76. The highest BCUT2D eigenvalue weighted by atomic mass is 16.2. The summed E-state index contributed by atoms with van der Waals surface area (Å²) in [6, 6.07) is 7.27. The number of nitrogen functional groups attached to an aromatic ring is 1. The molecule has 1 aliphatic heterocycles. The summed E-state index contributed by atoms with van der Waals surface area (Å²) < 4.78 is 0. The molecule has 0 bridgehead atoms. The fourth-order valence-electron chi connectivity index (χ4n) is 2.76. The standard InChI is InChI=1S/C16H25N3O/c1-3-13-8-10-19(11-9-13)12(2)16(20)18-15-7-5-4-6-14(15)17/h4-7,12-13H,3,8-11,17H2,1-2H3,(H,18,20). The van der Waals surface area contributed by atoms with Crippen molar-refractivity contribution < 1.29 is 4.79 Å². The number of para-hydroxylation sites is 2. The molecule has 1 amide bonds. The molecule has 1 aliphatic rings. The summed E-state index contributed by atoms with van der Waals surface area (Å²) in [6.45, 7) is 6.24. The average molecular weight is 275 g/mol. The molecular formula is C16H25N3O. The van der Waals surface area contributed by atoms with Crippen LogP contribution in [0.5, 0.6) is 0 Å². The van der Waals surface area contributed by atoms with Crippen molar-refractivity contribution in [2.24, 2.45) is 5.92 Å². The largest absolute Gasteiger partial charge is 0.397 e. The number of benzene rings is 1. The van der Waals surface area contributed by atoms with Crippen molar-refractivity contribution in [2.75, 3.05) is 24.1 Å². The van der Waals surface area contributed by atoms with E-state index in [1.54, 1.807) is 6.07 Å². The third-order valence-electron chi connectivity index (χ3n) is 4.37. The Morgan fingerprint density at radius 1 is 1.40 bits per heavy atom. The quantitative estimate of drug-likeness (QED) is 0.831. The lowest BCUT2D eigenvalue weighted by atomic mass is 9.93. The number of likely N-dealkylation sites (tertiary alicyclic amines) is 1. The van der Waals surface area contributed by atoms with Crippen LogP contribution in [0, 0.1) is 5.92 Å². The first-order chi connectivity index (χ1) is 9.61. The first kappa shape index (κ1) is 14.9. The van der Waals surface area contributed by atoms with Gasteiger partial charge in [-0.15, -0.1) is 0 Å². The Bertz CT molecular complexity index is 453. The lowest BCUT2D eigenvalue weighted by Gasteiger charge is -2.35. The van der Waals surface area contributed by atoms with Crippen LogP contribution in [0.3, 0.4) is 0 Å². The fraction of sp³-hybridized carbons (Fsp3) is 0.562. The lowest BCUT2D eigenvalue weighted by Crippen LogP contribution is -2.46. The van der Waals surface area contributed by atoms with Crippen molar-refractivity contribution in [3.05, 3.63) is 24.3 Å². The first-order valence-electron chi connectivity index (χ1n) is 7.51. The van der Waals surface area contributed by atoms with E-state index in [4.69, 9.17) is 5.73 Å². The smallest absolute Gasteiger partial charge is 0.241 e. The van der Waals surface area contributed by atoms with Crippen molar-refractivity contribution in [3.63, 3.8) is 0 Å². The van der Waals surface area contributed by atoms with E-state index in [1.807, 2.05) is 25.1 Å². The molecule has 110 valence electrons. The second-order valence-corrected chi connectivity index (χ2v) is 5.64. The summed E-state index contributed by atoms with van der Waals surface area (Å²) in [4.78, 5) is 14.6. The molecule has 1 heterocycles. The minimum atomic E-state index is -0.104. The summed E-state index contributed by atoms with van der Waals surface area (Å²) in [5, 5.41) is 2.93. The number of rotatable bonds is 4. The second-order valence-electron chi connectivity index (χ2n) is 5.64. The van der Waals surface area contributed by atoms with Crippen LogP contribution in [0.2, 0.25) is 0 Å². The van der Waals surface area contributed by atoms with Gasteiger partial charge in [0.1, 0.15) is 0 Å². The third kappa shape index (κ3) is 3.51. The number of anilines is 2. The van der Waals surface area contributed by atoms with E-state index in [-0.39, 0.29) is 11.9 Å². The predicted molar refractivity (Wildman–Crippen MR) is 83.5 cm³/mol. The maximum atomic E-state index is 12.3. The van der Waals surface area contributed by atoms with E-state index >= 15 is 0 Å². The molecule has 1 aromatic carbocycles. The first-order valence-corrected chi connectivity index (χ1v) is 7.51. The molecule has 2 rings (SSSR count). The molecule has 1 saturated heterocycles. The summed E-state index contributed by atoms with van der Waals surface area (Å²) in [6.07, 6.45) is 3.64. The van der Waals surface area contributed by atoms with E-state index in [2.05, 4.69) is 17.1 Å². The number of carbonyl (C=O) groups excluding carboxylic acids is 1. The van der Waals surface area contributed by atoms with Gasteiger partial charge in [-0.3, -0.25) is 9.69 Å². The highest BCUT2D eigenvalue weighted by molar-refractivity contribution is 5.97. The van der Waals surface area contributed by atoms with E-state index in [1.165, 1.54) is 19.3 Å². The molecule has 1 fully saturated rings. The SMILES string of the molecule is CCC1CCN(C(C)C(=O)Nc2ccccc2N)CC1. The number of hydrogen-bond acceptors (Lipinski definition) is 3. The molecule has 0 aromatic heterocycles. The molecule has 4 heteroatoms. The van der Waals surface area contributed by atoms with Crippen molar-refractivity contribution >= 4 is 17.3 Å². The van der Waals surface area contributed by atoms with Gasteiger partial charge in [0.25, 0.3) is 0 Å². The van der Waals surface area contributed by atoms with Crippen LogP contribution < -0.4 is 11.1 Å². The van der Waals surface area contributed by atoms with Crippen molar-refractivity contribution in [1.82, 2.24) is 4.90 Å². The predicted octanol–water partition coefficient (Wildman–Crippen LogP) is 2.72. The highest BCUT2D eigenvalue weighted by Gasteiger charge is 2.26. The van der Waals surface area contributed by atoms with Crippen LogP contribution in [0.25, 0.3) is 0 Å². The van der Waals surface area contributed by atoms with Gasteiger partial charge in [0.05, 0.1) is 17.4 Å². The maximum absolute atomic E-state index is 12.3. The Morgan fingerprint density at radius 2 is 2.05 bits per heavy atom. The number of piperidine rings is 1. The van der Waals surface area contributed by atoms with E-state index in [0.717, 1.165) is 19.0 Å². The zero-order valence-corrected chi connectivity index (χ0v) is 12.4. The van der Waals surface area contributed by atoms with Crippen molar-refractivity contribution in [1.29, 1.82) is 0 Å². The normalized spacial score (nSPS) is 18.7. The van der Waals surface area contributed by atoms with Gasteiger partial charge in [0.2, 0.25) is 5.91 Å². The van der Waals surface area contributed by atoms with Crippen molar-refractivity contribution in [2.45, 2.75) is 39.2 Å². The Hall–Kier alpha value is -1.55. The van der Waals surface area contributed by atoms with Gasteiger partial charge >= 0.3 is 0 Å². The molecule has 0 saturated carbocycles. The number of nitrogens with two attached hydrogens (primary N) is 1. The van der Waals surface area contributed by atoms with Gasteiger partial charge < -0.3 is 11.1 Å². The molecule has 3 N–H and O–H groups in total. The topological polar surface area (TPSA) is 58.4 Å². The van der Waals surface area contributed by atoms with Crippen LogP contribution in [-0.4, -0.2) is 29.9 Å². The Labute approximate surface area is 121 Å². The van der Waals surface area contributed by atoms with Crippen LogP contribution >= 0.6 is 0 Å². The summed E-state index contributed by atoms with van der Waals surface area (Å²) in [5.41, 5.74) is 7.17. The molecule has 0 aliphatic carbocycles. The molecule has 1 unspecified atom stereocenters.